The van der Waals surface area contributed by atoms with E-state index in [9.17, 15) is 0 Å². The smallest absolute Gasteiger partial charge is 0.0310 e. The molecule has 0 aromatic heterocycles. The van der Waals surface area contributed by atoms with Crippen molar-refractivity contribution in [2.75, 3.05) is 0 Å². The van der Waals surface area contributed by atoms with Gasteiger partial charge in [0.15, 0.2) is 0 Å². The SMILES string of the molecule is C=C(C)[C@H]1CC[C@@]2(C)N[C@H]2C1. The Kier molecular flexibility index (Phi) is 1.40. The average molecular weight is 151 g/mol. The molecule has 0 amide bonds. The first-order chi connectivity index (χ1) is 5.12. The van der Waals surface area contributed by atoms with Gasteiger partial charge in [-0.2, -0.15) is 0 Å². The zero-order valence-corrected chi connectivity index (χ0v) is 7.48. The highest BCUT2D eigenvalue weighted by Crippen LogP contribution is 2.43. The molecule has 1 aliphatic heterocycles. The molecular formula is C10H17N. The van der Waals surface area contributed by atoms with Crippen LogP contribution in [-0.4, -0.2) is 11.6 Å². The maximum atomic E-state index is 4.03. The van der Waals surface area contributed by atoms with Gasteiger partial charge in [0.05, 0.1) is 0 Å². The van der Waals surface area contributed by atoms with E-state index >= 15 is 0 Å². The van der Waals surface area contributed by atoms with E-state index in [1.165, 1.54) is 24.8 Å². The summed E-state index contributed by atoms with van der Waals surface area (Å²) in [5.74, 6) is 0.795. The Bertz CT molecular complexity index is 197. The van der Waals surface area contributed by atoms with E-state index in [2.05, 4.69) is 25.7 Å². The Morgan fingerprint density at radius 2 is 2.36 bits per heavy atom. The zero-order valence-electron chi connectivity index (χ0n) is 7.48. The van der Waals surface area contributed by atoms with E-state index in [-0.39, 0.29) is 0 Å². The van der Waals surface area contributed by atoms with Crippen LogP contribution >= 0.6 is 0 Å². The van der Waals surface area contributed by atoms with Crippen molar-refractivity contribution in [3.05, 3.63) is 12.2 Å². The Hall–Kier alpha value is -0.300. The third-order valence-corrected chi connectivity index (χ3v) is 3.42. The van der Waals surface area contributed by atoms with Crippen LogP contribution in [-0.2, 0) is 0 Å². The van der Waals surface area contributed by atoms with Crippen molar-refractivity contribution in [1.29, 1.82) is 0 Å². The molecule has 0 aromatic rings. The molecule has 0 spiro atoms. The summed E-state index contributed by atoms with van der Waals surface area (Å²) in [6.07, 6.45) is 4.01. The zero-order chi connectivity index (χ0) is 8.06. The number of hydrogen-bond donors (Lipinski definition) is 1. The second kappa shape index (κ2) is 2.10. The van der Waals surface area contributed by atoms with Crippen LogP contribution in [0, 0.1) is 5.92 Å². The Labute approximate surface area is 68.9 Å². The molecule has 2 aliphatic rings. The fourth-order valence-electron chi connectivity index (χ4n) is 2.25. The number of hydrogen-bond acceptors (Lipinski definition) is 1. The maximum Gasteiger partial charge on any atom is 0.0310 e. The molecule has 1 N–H and O–H groups in total. The molecule has 1 aliphatic carbocycles. The summed E-state index contributed by atoms with van der Waals surface area (Å²) in [6, 6.07) is 0.804. The Balaban J connectivity index is 1.98. The van der Waals surface area contributed by atoms with Crippen LogP contribution < -0.4 is 5.32 Å². The fourth-order valence-corrected chi connectivity index (χ4v) is 2.25. The first-order valence-corrected chi connectivity index (χ1v) is 4.55. The molecule has 3 atom stereocenters. The molecule has 11 heavy (non-hydrogen) atoms. The third kappa shape index (κ3) is 1.12. The van der Waals surface area contributed by atoms with Gasteiger partial charge in [0.1, 0.15) is 0 Å². The fraction of sp³-hybridized carbons (Fsp3) is 0.800. The summed E-state index contributed by atoms with van der Waals surface area (Å²) in [5.41, 5.74) is 1.90. The molecular weight excluding hydrogens is 134 g/mol. The van der Waals surface area contributed by atoms with Gasteiger partial charge in [-0.25, -0.2) is 0 Å². The number of rotatable bonds is 1. The van der Waals surface area contributed by atoms with Crippen LogP contribution in [0.2, 0.25) is 0 Å². The van der Waals surface area contributed by atoms with E-state index in [1.54, 1.807) is 0 Å². The minimum absolute atomic E-state index is 0.520. The molecule has 0 unspecified atom stereocenters. The van der Waals surface area contributed by atoms with Gasteiger partial charge in [-0.15, -0.1) is 0 Å². The number of fused-ring (bicyclic) bond motifs is 1. The summed E-state index contributed by atoms with van der Waals surface area (Å²) in [6.45, 7) is 8.53. The van der Waals surface area contributed by atoms with Crippen LogP contribution in [0.25, 0.3) is 0 Å². The molecule has 2 fully saturated rings. The van der Waals surface area contributed by atoms with E-state index in [0.717, 1.165) is 12.0 Å². The highest BCUT2D eigenvalue weighted by atomic mass is 15.2. The summed E-state index contributed by atoms with van der Waals surface area (Å²) in [5, 5.41) is 3.55. The van der Waals surface area contributed by atoms with Crippen molar-refractivity contribution < 1.29 is 0 Å². The van der Waals surface area contributed by atoms with Gasteiger partial charge in [-0.05, 0) is 39.0 Å². The first kappa shape index (κ1) is 7.35. The standard InChI is InChI=1S/C10H17N/c1-7(2)8-4-5-10(3)9(6-8)11-10/h8-9,11H,1,4-6H2,2-3H3/t8-,9-,10+/m0/s1. The van der Waals surface area contributed by atoms with Crippen molar-refractivity contribution >= 4 is 0 Å². The van der Waals surface area contributed by atoms with Gasteiger partial charge in [-0.1, -0.05) is 12.2 Å². The molecule has 0 radical (unpaired) electrons. The molecule has 62 valence electrons. The van der Waals surface area contributed by atoms with Gasteiger partial charge < -0.3 is 5.32 Å². The van der Waals surface area contributed by atoms with Crippen molar-refractivity contribution in [2.24, 2.45) is 5.92 Å². The minimum Gasteiger partial charge on any atom is -0.305 e. The first-order valence-electron chi connectivity index (χ1n) is 4.55. The molecule has 1 nitrogen and oxygen atoms in total. The van der Waals surface area contributed by atoms with E-state index in [4.69, 9.17) is 0 Å². The quantitative estimate of drug-likeness (QED) is 0.450. The highest BCUT2D eigenvalue weighted by molar-refractivity contribution is 5.17. The third-order valence-electron chi connectivity index (χ3n) is 3.42. The van der Waals surface area contributed by atoms with Gasteiger partial charge in [0.25, 0.3) is 0 Å². The monoisotopic (exact) mass is 151 g/mol. The van der Waals surface area contributed by atoms with Crippen LogP contribution in [0.4, 0.5) is 0 Å². The van der Waals surface area contributed by atoms with Gasteiger partial charge in [0.2, 0.25) is 0 Å². The van der Waals surface area contributed by atoms with Gasteiger partial charge in [0, 0.05) is 11.6 Å². The average Bonchev–Trinajstić information content (AvgIpc) is 2.58. The van der Waals surface area contributed by atoms with Crippen molar-refractivity contribution in [3.63, 3.8) is 0 Å². The minimum atomic E-state index is 0.520. The molecule has 1 saturated carbocycles. The van der Waals surface area contributed by atoms with Gasteiger partial charge in [-0.3, -0.25) is 0 Å². The van der Waals surface area contributed by atoms with E-state index < -0.39 is 0 Å². The molecule has 0 aromatic carbocycles. The van der Waals surface area contributed by atoms with Crippen LogP contribution in [0.15, 0.2) is 12.2 Å². The lowest BCUT2D eigenvalue weighted by atomic mass is 9.80. The highest BCUT2D eigenvalue weighted by Gasteiger charge is 2.52. The molecule has 1 saturated heterocycles. The van der Waals surface area contributed by atoms with Crippen LogP contribution in [0.1, 0.15) is 33.1 Å². The number of allylic oxidation sites excluding steroid dienone is 1. The summed E-state index contributed by atoms with van der Waals surface area (Å²) >= 11 is 0. The normalized spacial score (nSPS) is 48.2. The molecule has 1 heterocycles. The van der Waals surface area contributed by atoms with E-state index in [1.807, 2.05) is 0 Å². The predicted octanol–water partition coefficient (Wildman–Crippen LogP) is 2.09. The van der Waals surface area contributed by atoms with Crippen molar-refractivity contribution in [3.8, 4) is 0 Å². The molecule has 2 rings (SSSR count). The maximum absolute atomic E-state index is 4.03. The molecule has 0 bridgehead atoms. The summed E-state index contributed by atoms with van der Waals surface area (Å²) < 4.78 is 0. The van der Waals surface area contributed by atoms with Crippen molar-refractivity contribution in [1.82, 2.24) is 5.32 Å². The topological polar surface area (TPSA) is 21.9 Å². The Morgan fingerprint density at radius 3 is 2.91 bits per heavy atom. The van der Waals surface area contributed by atoms with Gasteiger partial charge >= 0.3 is 0 Å². The second-order valence-electron chi connectivity index (χ2n) is 4.43. The second-order valence-corrected chi connectivity index (χ2v) is 4.43. The summed E-state index contributed by atoms with van der Waals surface area (Å²) in [7, 11) is 0. The largest absolute Gasteiger partial charge is 0.305 e. The predicted molar refractivity (Wildman–Crippen MR) is 47.5 cm³/mol. The van der Waals surface area contributed by atoms with Crippen LogP contribution in [0.3, 0.4) is 0 Å². The van der Waals surface area contributed by atoms with Crippen molar-refractivity contribution in [2.45, 2.75) is 44.7 Å². The Morgan fingerprint density at radius 1 is 1.64 bits per heavy atom. The molecule has 1 heteroatoms. The van der Waals surface area contributed by atoms with E-state index in [0.29, 0.717) is 5.54 Å². The lowest BCUT2D eigenvalue weighted by molar-refractivity contribution is 0.396. The van der Waals surface area contributed by atoms with Crippen LogP contribution in [0.5, 0.6) is 0 Å². The lowest BCUT2D eigenvalue weighted by Crippen LogP contribution is -2.21. The number of nitrogens with one attached hydrogen (secondary N) is 1. The summed E-state index contributed by atoms with van der Waals surface area (Å²) in [4.78, 5) is 0. The lowest BCUT2D eigenvalue weighted by Gasteiger charge is -2.23.